The smallest absolute Gasteiger partial charge is 0.326 e. The fourth-order valence-corrected chi connectivity index (χ4v) is 4.36. The molecule has 0 bridgehead atoms. The molecule has 0 aliphatic rings. The Balaban J connectivity index is 3.65. The lowest BCUT2D eigenvalue weighted by atomic mass is 10.0. The second-order valence-electron chi connectivity index (χ2n) is 10.6. The van der Waals surface area contributed by atoms with Gasteiger partial charge in [0.2, 0.25) is 11.8 Å². The van der Waals surface area contributed by atoms with Crippen LogP contribution >= 0.6 is 0 Å². The molecule has 0 saturated heterocycles. The number of unbranched alkanes of at least 4 members (excludes halogenated alkanes) is 13. The van der Waals surface area contributed by atoms with Gasteiger partial charge in [-0.15, -0.1) is 0 Å². The van der Waals surface area contributed by atoms with Crippen LogP contribution in [0.25, 0.3) is 10.4 Å². The summed E-state index contributed by atoms with van der Waals surface area (Å²) in [5.74, 6) is -2.81. The van der Waals surface area contributed by atoms with E-state index in [1.807, 2.05) is 0 Å². The quantitative estimate of drug-likeness (QED) is 0.0341. The first-order valence-electron chi connectivity index (χ1n) is 16.1. The number of amides is 2. The molecule has 44 heavy (non-hydrogen) atoms. The number of nitrogens with one attached hydrogen (secondary N) is 2. The highest BCUT2D eigenvalue weighted by atomic mass is 16.5. The standard InChI is InChI=1S/C30H55N5O9/c31-35-33-18-20-43-22-24-44-23-21-42-19-17-32-28(37)25-26(30(40)41)34-27(36)15-13-11-9-7-5-3-1-2-4-6-8-10-12-14-16-29(38)39/h26H,1-25H2,(H,32,37)(H,34,36)(H,38,39)(H,40,41). The zero-order valence-electron chi connectivity index (χ0n) is 26.3. The molecule has 0 radical (unpaired) electrons. The first kappa shape index (κ1) is 41.1. The summed E-state index contributed by atoms with van der Waals surface area (Å²) in [6.45, 7) is 2.48. The molecular formula is C30H55N5O9. The van der Waals surface area contributed by atoms with Crippen LogP contribution in [0, 0.1) is 0 Å². The first-order valence-corrected chi connectivity index (χ1v) is 16.1. The maximum absolute atomic E-state index is 12.2. The zero-order valence-corrected chi connectivity index (χ0v) is 26.3. The summed E-state index contributed by atoms with van der Waals surface area (Å²) < 4.78 is 15.9. The fourth-order valence-electron chi connectivity index (χ4n) is 4.36. The van der Waals surface area contributed by atoms with Crippen molar-refractivity contribution in [3.63, 3.8) is 0 Å². The van der Waals surface area contributed by atoms with Gasteiger partial charge in [-0.3, -0.25) is 14.4 Å². The molecule has 14 nitrogen and oxygen atoms in total. The van der Waals surface area contributed by atoms with Crippen molar-refractivity contribution < 1.29 is 43.6 Å². The van der Waals surface area contributed by atoms with Gasteiger partial charge >= 0.3 is 11.9 Å². The highest BCUT2D eigenvalue weighted by Gasteiger charge is 2.22. The molecule has 0 aromatic heterocycles. The van der Waals surface area contributed by atoms with Crippen molar-refractivity contribution in [2.24, 2.45) is 5.11 Å². The number of azide groups is 1. The molecule has 0 heterocycles. The molecule has 0 aromatic carbocycles. The normalized spacial score (nSPS) is 11.5. The molecule has 254 valence electrons. The molecule has 0 fully saturated rings. The lowest BCUT2D eigenvalue weighted by Crippen LogP contribution is -2.44. The highest BCUT2D eigenvalue weighted by Crippen LogP contribution is 2.14. The van der Waals surface area contributed by atoms with Crippen molar-refractivity contribution in [2.75, 3.05) is 52.7 Å². The van der Waals surface area contributed by atoms with Crippen molar-refractivity contribution in [3.8, 4) is 0 Å². The van der Waals surface area contributed by atoms with E-state index in [1.165, 1.54) is 44.9 Å². The van der Waals surface area contributed by atoms with E-state index in [0.29, 0.717) is 39.5 Å². The van der Waals surface area contributed by atoms with E-state index >= 15 is 0 Å². The molecule has 1 atom stereocenters. The van der Waals surface area contributed by atoms with Crippen LogP contribution in [0.3, 0.4) is 0 Å². The summed E-state index contributed by atoms with van der Waals surface area (Å²) in [5, 5.41) is 26.4. The Morgan fingerprint density at radius 1 is 0.636 bits per heavy atom. The van der Waals surface area contributed by atoms with Gasteiger partial charge in [0.25, 0.3) is 0 Å². The van der Waals surface area contributed by atoms with Gasteiger partial charge in [0.05, 0.1) is 46.1 Å². The molecule has 0 aliphatic carbocycles. The minimum absolute atomic E-state index is 0.208. The maximum atomic E-state index is 12.2. The van der Waals surface area contributed by atoms with E-state index in [-0.39, 0.29) is 44.9 Å². The fraction of sp³-hybridized carbons (Fsp3) is 0.867. The van der Waals surface area contributed by atoms with Crippen LogP contribution in [0.2, 0.25) is 0 Å². The highest BCUT2D eigenvalue weighted by molar-refractivity contribution is 5.88. The Hall–Kier alpha value is -2.93. The Bertz CT molecular complexity index is 810. The summed E-state index contributed by atoms with van der Waals surface area (Å²) in [7, 11) is 0. The summed E-state index contributed by atoms with van der Waals surface area (Å²) >= 11 is 0. The second-order valence-corrected chi connectivity index (χ2v) is 10.6. The van der Waals surface area contributed by atoms with Crippen LogP contribution in [-0.4, -0.2) is 92.7 Å². The topological polar surface area (TPSA) is 209 Å². The third-order valence-electron chi connectivity index (χ3n) is 6.78. The number of hydrogen-bond acceptors (Lipinski definition) is 8. The van der Waals surface area contributed by atoms with Crippen LogP contribution in [0.4, 0.5) is 0 Å². The number of nitrogens with zero attached hydrogens (tertiary/aromatic N) is 3. The molecular weight excluding hydrogens is 574 g/mol. The minimum atomic E-state index is -1.28. The van der Waals surface area contributed by atoms with Gasteiger partial charge in [0.1, 0.15) is 6.04 Å². The zero-order chi connectivity index (χ0) is 32.5. The van der Waals surface area contributed by atoms with E-state index in [4.69, 9.17) is 24.8 Å². The average Bonchev–Trinajstić information content (AvgIpc) is 2.98. The first-order chi connectivity index (χ1) is 21.4. The monoisotopic (exact) mass is 629 g/mol. The Labute approximate surface area is 261 Å². The molecule has 2 amide bonds. The van der Waals surface area contributed by atoms with Crippen molar-refractivity contribution >= 4 is 23.8 Å². The van der Waals surface area contributed by atoms with Gasteiger partial charge in [0.15, 0.2) is 0 Å². The van der Waals surface area contributed by atoms with Crippen LogP contribution in [0.15, 0.2) is 5.11 Å². The predicted molar refractivity (Wildman–Crippen MR) is 165 cm³/mol. The second kappa shape index (κ2) is 31.5. The molecule has 0 rings (SSSR count). The van der Waals surface area contributed by atoms with Crippen molar-refractivity contribution in [3.05, 3.63) is 10.4 Å². The average molecular weight is 630 g/mol. The Morgan fingerprint density at radius 2 is 1.09 bits per heavy atom. The van der Waals surface area contributed by atoms with E-state index in [1.54, 1.807) is 0 Å². The molecule has 14 heteroatoms. The van der Waals surface area contributed by atoms with E-state index in [0.717, 1.165) is 38.5 Å². The van der Waals surface area contributed by atoms with Gasteiger partial charge < -0.3 is 35.1 Å². The van der Waals surface area contributed by atoms with Crippen molar-refractivity contribution in [1.29, 1.82) is 0 Å². The Morgan fingerprint density at radius 3 is 1.57 bits per heavy atom. The number of carboxylic acids is 2. The van der Waals surface area contributed by atoms with Crippen LogP contribution in [-0.2, 0) is 33.4 Å². The minimum Gasteiger partial charge on any atom is -0.481 e. The molecule has 0 saturated carbocycles. The number of carboxylic acid groups (broad SMARTS) is 2. The summed E-state index contributed by atoms with van der Waals surface area (Å²) in [6.07, 6.45) is 15.3. The number of rotatable bonds is 33. The van der Waals surface area contributed by atoms with Crippen LogP contribution < -0.4 is 10.6 Å². The summed E-state index contributed by atoms with van der Waals surface area (Å²) in [4.78, 5) is 48.9. The summed E-state index contributed by atoms with van der Waals surface area (Å²) in [6, 6.07) is -1.28. The molecule has 4 N–H and O–H groups in total. The number of ether oxygens (including phenoxy) is 3. The lowest BCUT2D eigenvalue weighted by Gasteiger charge is -2.14. The molecule has 0 aliphatic heterocycles. The molecule has 1 unspecified atom stereocenters. The van der Waals surface area contributed by atoms with Gasteiger partial charge in [0, 0.05) is 30.8 Å². The number of aliphatic carboxylic acids is 2. The van der Waals surface area contributed by atoms with Crippen molar-refractivity contribution in [1.82, 2.24) is 10.6 Å². The SMILES string of the molecule is [N-]=[N+]=NCCOCCOCCOCCNC(=O)CC(NC(=O)CCCCCCCCCCCCCCCCC(=O)O)C(=O)O. The third-order valence-corrected chi connectivity index (χ3v) is 6.78. The number of carbonyl (C=O) groups is 4. The predicted octanol–water partition coefficient (Wildman–Crippen LogP) is 4.75. The largest absolute Gasteiger partial charge is 0.481 e. The lowest BCUT2D eigenvalue weighted by molar-refractivity contribution is -0.143. The van der Waals surface area contributed by atoms with Gasteiger partial charge in [-0.25, -0.2) is 4.79 Å². The van der Waals surface area contributed by atoms with E-state index in [2.05, 4.69) is 20.7 Å². The van der Waals surface area contributed by atoms with Crippen LogP contribution in [0.5, 0.6) is 0 Å². The van der Waals surface area contributed by atoms with Gasteiger partial charge in [-0.05, 0) is 18.4 Å². The number of hydrogen-bond donors (Lipinski definition) is 4. The summed E-state index contributed by atoms with van der Waals surface area (Å²) in [5.41, 5.74) is 8.14. The van der Waals surface area contributed by atoms with E-state index < -0.39 is 23.9 Å². The maximum Gasteiger partial charge on any atom is 0.326 e. The van der Waals surface area contributed by atoms with Gasteiger partial charge in [-0.2, -0.15) is 0 Å². The van der Waals surface area contributed by atoms with Crippen LogP contribution in [0.1, 0.15) is 109 Å². The Kier molecular flexibility index (Phi) is 29.4. The molecule has 0 aromatic rings. The van der Waals surface area contributed by atoms with Crippen molar-refractivity contribution in [2.45, 2.75) is 115 Å². The van der Waals surface area contributed by atoms with Gasteiger partial charge in [-0.1, -0.05) is 82.2 Å². The van der Waals surface area contributed by atoms with E-state index in [9.17, 15) is 24.3 Å². The third kappa shape index (κ3) is 30.5. The number of carbonyl (C=O) groups excluding carboxylic acids is 2. The molecule has 0 spiro atoms.